The number of nitrogens with one attached hydrogen (secondary N) is 1. The number of aromatic hydroxyl groups is 1. The SMILES string of the molecule is N=Nc1ccc(O)cc1C(=O)O. The van der Waals surface area contributed by atoms with Crippen LogP contribution in [0.5, 0.6) is 5.75 Å². The van der Waals surface area contributed by atoms with Crippen LogP contribution in [0.4, 0.5) is 5.69 Å². The van der Waals surface area contributed by atoms with Crippen LogP contribution >= 0.6 is 0 Å². The third kappa shape index (κ3) is 1.39. The Balaban J connectivity index is 3.30. The quantitative estimate of drug-likeness (QED) is 0.584. The van der Waals surface area contributed by atoms with Crippen LogP contribution in [0.3, 0.4) is 0 Å². The van der Waals surface area contributed by atoms with E-state index >= 15 is 0 Å². The first-order valence-electron chi connectivity index (χ1n) is 3.09. The van der Waals surface area contributed by atoms with Gasteiger partial charge in [0.15, 0.2) is 0 Å². The standard InChI is InChI=1S/C7H6N2O3/c8-9-6-2-1-4(10)3-5(6)7(11)12/h1-3,8,10H,(H,11,12). The normalized spacial score (nSPS) is 9.33. The molecule has 0 aliphatic carbocycles. The molecule has 0 fully saturated rings. The number of carbonyl (C=O) groups is 1. The van der Waals surface area contributed by atoms with Crippen LogP contribution in [-0.2, 0) is 0 Å². The summed E-state index contributed by atoms with van der Waals surface area (Å²) in [5.74, 6) is -1.36. The number of benzene rings is 1. The summed E-state index contributed by atoms with van der Waals surface area (Å²) < 4.78 is 0. The van der Waals surface area contributed by atoms with Crippen LogP contribution in [0.15, 0.2) is 23.3 Å². The van der Waals surface area contributed by atoms with Crippen molar-refractivity contribution in [3.8, 4) is 5.75 Å². The summed E-state index contributed by atoms with van der Waals surface area (Å²) >= 11 is 0. The number of aromatic carboxylic acids is 1. The topological polar surface area (TPSA) is 93.7 Å². The number of nitrogens with zero attached hydrogens (tertiary/aromatic N) is 1. The van der Waals surface area contributed by atoms with Crippen molar-refractivity contribution in [2.75, 3.05) is 0 Å². The molecule has 0 spiro atoms. The lowest BCUT2D eigenvalue weighted by Crippen LogP contribution is -1.95. The summed E-state index contributed by atoms with van der Waals surface area (Å²) in [5, 5.41) is 20.5. The highest BCUT2D eigenvalue weighted by molar-refractivity contribution is 5.93. The van der Waals surface area contributed by atoms with Gasteiger partial charge in [-0.2, -0.15) is 5.11 Å². The minimum atomic E-state index is -1.21. The first-order chi connectivity index (χ1) is 5.65. The molecule has 5 heteroatoms. The Morgan fingerprint density at radius 2 is 2.17 bits per heavy atom. The molecule has 12 heavy (non-hydrogen) atoms. The summed E-state index contributed by atoms with van der Waals surface area (Å²) in [4.78, 5) is 10.5. The van der Waals surface area contributed by atoms with Gasteiger partial charge in [0.2, 0.25) is 0 Å². The van der Waals surface area contributed by atoms with E-state index in [1.807, 2.05) is 0 Å². The predicted molar refractivity (Wildman–Crippen MR) is 39.9 cm³/mol. The molecule has 0 atom stereocenters. The molecule has 0 heterocycles. The number of carboxylic acids is 1. The largest absolute Gasteiger partial charge is 0.508 e. The second-order valence-corrected chi connectivity index (χ2v) is 2.12. The third-order valence-corrected chi connectivity index (χ3v) is 1.33. The van der Waals surface area contributed by atoms with Crippen LogP contribution in [0.25, 0.3) is 0 Å². The van der Waals surface area contributed by atoms with Crippen molar-refractivity contribution in [2.45, 2.75) is 0 Å². The molecule has 62 valence electrons. The van der Waals surface area contributed by atoms with Gasteiger partial charge in [-0.05, 0) is 18.2 Å². The molecule has 5 nitrogen and oxygen atoms in total. The first-order valence-corrected chi connectivity index (χ1v) is 3.09. The summed E-state index contributed by atoms with van der Waals surface area (Å²) in [7, 11) is 0. The lowest BCUT2D eigenvalue weighted by Gasteiger charge is -1.98. The van der Waals surface area contributed by atoms with Crippen molar-refractivity contribution in [2.24, 2.45) is 5.11 Å². The third-order valence-electron chi connectivity index (χ3n) is 1.33. The van der Waals surface area contributed by atoms with Gasteiger partial charge in [-0.3, -0.25) is 0 Å². The van der Waals surface area contributed by atoms with Crippen LogP contribution < -0.4 is 0 Å². The molecular formula is C7H6N2O3. The molecular weight excluding hydrogens is 160 g/mol. The maximum absolute atomic E-state index is 10.5. The van der Waals surface area contributed by atoms with Crippen molar-refractivity contribution < 1.29 is 15.0 Å². The van der Waals surface area contributed by atoms with E-state index in [9.17, 15) is 4.79 Å². The fraction of sp³-hybridized carbons (Fsp3) is 0. The maximum Gasteiger partial charge on any atom is 0.338 e. The summed E-state index contributed by atoms with van der Waals surface area (Å²) in [6, 6.07) is 3.60. The van der Waals surface area contributed by atoms with Crippen molar-refractivity contribution in [3.05, 3.63) is 23.8 Å². The minimum absolute atomic E-state index is 0.0281. The van der Waals surface area contributed by atoms with Crippen LogP contribution in [0.2, 0.25) is 0 Å². The Bertz CT molecular complexity index is 335. The van der Waals surface area contributed by atoms with Gasteiger partial charge >= 0.3 is 5.97 Å². The van der Waals surface area contributed by atoms with Gasteiger partial charge in [-0.15, -0.1) is 0 Å². The second-order valence-electron chi connectivity index (χ2n) is 2.12. The zero-order valence-corrected chi connectivity index (χ0v) is 5.98. The van der Waals surface area contributed by atoms with E-state index < -0.39 is 5.97 Å². The highest BCUT2D eigenvalue weighted by atomic mass is 16.4. The lowest BCUT2D eigenvalue weighted by atomic mass is 10.2. The molecule has 0 amide bonds. The fourth-order valence-corrected chi connectivity index (χ4v) is 0.793. The average molecular weight is 166 g/mol. The highest BCUT2D eigenvalue weighted by Crippen LogP contribution is 2.23. The Morgan fingerprint density at radius 3 is 2.67 bits per heavy atom. The summed E-state index contributed by atoms with van der Waals surface area (Å²) in [6.45, 7) is 0. The van der Waals surface area contributed by atoms with Crippen molar-refractivity contribution >= 4 is 11.7 Å². The zero-order chi connectivity index (χ0) is 9.14. The van der Waals surface area contributed by atoms with E-state index in [-0.39, 0.29) is 17.0 Å². The Kier molecular flexibility index (Phi) is 2.05. The summed E-state index contributed by atoms with van der Waals surface area (Å²) in [6.07, 6.45) is 0. The lowest BCUT2D eigenvalue weighted by molar-refractivity contribution is 0.0697. The summed E-state index contributed by atoms with van der Waals surface area (Å²) in [5.41, 5.74) is 6.48. The van der Waals surface area contributed by atoms with Gasteiger partial charge in [0, 0.05) is 0 Å². The number of phenols is 1. The highest BCUT2D eigenvalue weighted by Gasteiger charge is 2.09. The van der Waals surface area contributed by atoms with E-state index in [4.69, 9.17) is 15.7 Å². The second kappa shape index (κ2) is 3.00. The van der Waals surface area contributed by atoms with Crippen molar-refractivity contribution in [1.82, 2.24) is 0 Å². The molecule has 1 rings (SSSR count). The molecule has 0 saturated heterocycles. The van der Waals surface area contributed by atoms with Gasteiger partial charge in [0.25, 0.3) is 0 Å². The van der Waals surface area contributed by atoms with E-state index in [0.29, 0.717) is 0 Å². The predicted octanol–water partition coefficient (Wildman–Crippen LogP) is 1.75. The van der Waals surface area contributed by atoms with Crippen LogP contribution in [0.1, 0.15) is 10.4 Å². The van der Waals surface area contributed by atoms with Gasteiger partial charge in [-0.25, -0.2) is 10.3 Å². The molecule has 0 unspecified atom stereocenters. The Morgan fingerprint density at radius 1 is 1.50 bits per heavy atom. The number of hydrogen-bond donors (Lipinski definition) is 3. The van der Waals surface area contributed by atoms with E-state index in [2.05, 4.69) is 5.11 Å². The molecule has 0 aliphatic heterocycles. The van der Waals surface area contributed by atoms with Gasteiger partial charge in [-0.1, -0.05) is 0 Å². The average Bonchev–Trinajstić information content (AvgIpc) is 2.04. The number of hydrogen-bond acceptors (Lipinski definition) is 4. The molecule has 0 radical (unpaired) electrons. The minimum Gasteiger partial charge on any atom is -0.508 e. The monoisotopic (exact) mass is 166 g/mol. The molecule has 0 bridgehead atoms. The smallest absolute Gasteiger partial charge is 0.338 e. The van der Waals surface area contributed by atoms with Crippen molar-refractivity contribution in [1.29, 1.82) is 5.53 Å². The van der Waals surface area contributed by atoms with E-state index in [0.717, 1.165) is 6.07 Å². The molecule has 1 aromatic carbocycles. The zero-order valence-electron chi connectivity index (χ0n) is 5.98. The number of carboxylic acid groups (broad SMARTS) is 1. The first kappa shape index (κ1) is 8.19. The molecule has 1 aromatic rings. The molecule has 0 aliphatic rings. The van der Waals surface area contributed by atoms with E-state index in [1.165, 1.54) is 12.1 Å². The fourth-order valence-electron chi connectivity index (χ4n) is 0.793. The van der Waals surface area contributed by atoms with Crippen LogP contribution in [0, 0.1) is 5.53 Å². The number of phenolic OH excluding ortho intramolecular Hbond substituents is 1. The van der Waals surface area contributed by atoms with Gasteiger partial charge in [0.05, 0.1) is 11.3 Å². The van der Waals surface area contributed by atoms with Crippen LogP contribution in [-0.4, -0.2) is 16.2 Å². The maximum atomic E-state index is 10.5. The van der Waals surface area contributed by atoms with E-state index in [1.54, 1.807) is 0 Å². The van der Waals surface area contributed by atoms with Gasteiger partial charge in [0.1, 0.15) is 5.75 Å². The molecule has 0 aromatic heterocycles. The Hall–Kier alpha value is -1.91. The number of rotatable bonds is 2. The molecule has 3 N–H and O–H groups in total. The van der Waals surface area contributed by atoms with Gasteiger partial charge < -0.3 is 10.2 Å². The Labute approximate surface area is 67.8 Å². The molecule has 0 saturated carbocycles. The van der Waals surface area contributed by atoms with Crippen molar-refractivity contribution in [3.63, 3.8) is 0 Å².